The van der Waals surface area contributed by atoms with E-state index in [4.69, 9.17) is 0 Å². The molecular formula is C26H22N6O. The second-order valence-electron chi connectivity index (χ2n) is 7.67. The van der Waals surface area contributed by atoms with E-state index in [-0.39, 0.29) is 11.9 Å². The molecule has 0 aliphatic carbocycles. The van der Waals surface area contributed by atoms with Crippen LogP contribution >= 0.6 is 0 Å². The van der Waals surface area contributed by atoms with Crippen LogP contribution in [0.25, 0.3) is 22.6 Å². The quantitative estimate of drug-likeness (QED) is 0.423. The molecule has 1 atom stereocenters. The van der Waals surface area contributed by atoms with Gasteiger partial charge in [-0.05, 0) is 48.9 Å². The van der Waals surface area contributed by atoms with Crippen LogP contribution < -0.4 is 5.32 Å². The smallest absolute Gasteiger partial charge is 0.251 e. The SMILES string of the molecule is CC(NC(=O)c1cccc(-n2nccc2-c2ccccc2)c1)c1ccc(-n2cncn2)cc1. The number of nitrogens with one attached hydrogen (secondary N) is 1. The Bertz CT molecular complexity index is 1360. The standard InChI is InChI=1S/C26H22N6O/c1-19(20-10-12-23(13-11-20)31-18-27-17-29-31)30-26(33)22-8-5-9-24(16-22)32-25(14-15-28-32)21-6-3-2-4-7-21/h2-19H,1H3,(H,30,33). The van der Waals surface area contributed by atoms with E-state index in [1.165, 1.54) is 6.33 Å². The van der Waals surface area contributed by atoms with Crippen LogP contribution in [0.2, 0.25) is 0 Å². The fourth-order valence-electron chi connectivity index (χ4n) is 3.74. The maximum atomic E-state index is 13.0. The molecule has 0 radical (unpaired) electrons. The Hall–Kier alpha value is -4.52. The monoisotopic (exact) mass is 434 g/mol. The lowest BCUT2D eigenvalue weighted by Gasteiger charge is -2.16. The van der Waals surface area contributed by atoms with Crippen LogP contribution in [0.4, 0.5) is 0 Å². The van der Waals surface area contributed by atoms with E-state index in [2.05, 4.69) is 20.5 Å². The summed E-state index contributed by atoms with van der Waals surface area (Å²) in [7, 11) is 0. The minimum absolute atomic E-state index is 0.141. The number of hydrogen-bond donors (Lipinski definition) is 1. The molecule has 0 aliphatic rings. The van der Waals surface area contributed by atoms with Gasteiger partial charge in [0, 0.05) is 11.1 Å². The van der Waals surface area contributed by atoms with Crippen LogP contribution in [-0.2, 0) is 0 Å². The Morgan fingerprint density at radius 2 is 1.70 bits per heavy atom. The first-order valence-corrected chi connectivity index (χ1v) is 10.6. The molecule has 7 heteroatoms. The van der Waals surface area contributed by atoms with E-state index < -0.39 is 0 Å². The van der Waals surface area contributed by atoms with Crippen molar-refractivity contribution < 1.29 is 4.79 Å². The molecule has 7 nitrogen and oxygen atoms in total. The average molecular weight is 435 g/mol. The van der Waals surface area contributed by atoms with Crippen molar-refractivity contribution in [2.75, 3.05) is 0 Å². The maximum absolute atomic E-state index is 13.0. The summed E-state index contributed by atoms with van der Waals surface area (Å²) in [5.41, 5.74) is 5.35. The highest BCUT2D eigenvalue weighted by atomic mass is 16.1. The lowest BCUT2D eigenvalue weighted by molar-refractivity contribution is 0.0940. The summed E-state index contributed by atoms with van der Waals surface area (Å²) in [4.78, 5) is 17.0. The van der Waals surface area contributed by atoms with Gasteiger partial charge in [0.15, 0.2) is 0 Å². The minimum atomic E-state index is -0.157. The molecule has 5 rings (SSSR count). The van der Waals surface area contributed by atoms with Crippen molar-refractivity contribution in [2.45, 2.75) is 13.0 Å². The van der Waals surface area contributed by atoms with Crippen LogP contribution in [-0.4, -0.2) is 30.5 Å². The van der Waals surface area contributed by atoms with E-state index in [9.17, 15) is 4.79 Å². The Balaban J connectivity index is 1.33. The van der Waals surface area contributed by atoms with Crippen LogP contribution in [0.3, 0.4) is 0 Å². The number of aromatic nitrogens is 5. The molecule has 1 N–H and O–H groups in total. The zero-order valence-electron chi connectivity index (χ0n) is 18.0. The average Bonchev–Trinajstić information content (AvgIpc) is 3.57. The molecule has 0 saturated carbocycles. The van der Waals surface area contributed by atoms with Crippen molar-refractivity contribution in [1.82, 2.24) is 29.9 Å². The van der Waals surface area contributed by atoms with Crippen molar-refractivity contribution in [3.05, 3.63) is 115 Å². The van der Waals surface area contributed by atoms with Gasteiger partial charge < -0.3 is 5.32 Å². The highest BCUT2D eigenvalue weighted by molar-refractivity contribution is 5.95. The third kappa shape index (κ3) is 4.29. The number of nitrogens with zero attached hydrogens (tertiary/aromatic N) is 5. The van der Waals surface area contributed by atoms with Crippen molar-refractivity contribution in [1.29, 1.82) is 0 Å². The number of carbonyl (C=O) groups is 1. The number of amides is 1. The third-order valence-corrected chi connectivity index (χ3v) is 5.49. The molecule has 0 aliphatic heterocycles. The fourth-order valence-corrected chi connectivity index (χ4v) is 3.74. The summed E-state index contributed by atoms with van der Waals surface area (Å²) in [5.74, 6) is -0.141. The van der Waals surface area contributed by atoms with Crippen LogP contribution in [0.1, 0.15) is 28.9 Å². The van der Waals surface area contributed by atoms with Gasteiger partial charge >= 0.3 is 0 Å². The van der Waals surface area contributed by atoms with Gasteiger partial charge in [-0.15, -0.1) is 0 Å². The van der Waals surface area contributed by atoms with E-state index in [0.717, 1.165) is 28.2 Å². The molecule has 5 aromatic rings. The van der Waals surface area contributed by atoms with E-state index in [0.29, 0.717) is 5.56 Å². The fraction of sp³-hybridized carbons (Fsp3) is 0.0769. The maximum Gasteiger partial charge on any atom is 0.251 e. The topological polar surface area (TPSA) is 77.6 Å². The first-order valence-electron chi connectivity index (χ1n) is 10.6. The Labute approximate surface area is 191 Å². The predicted molar refractivity (Wildman–Crippen MR) is 126 cm³/mol. The van der Waals surface area contributed by atoms with Gasteiger partial charge in [-0.1, -0.05) is 48.5 Å². The molecule has 1 amide bonds. The largest absolute Gasteiger partial charge is 0.346 e. The van der Waals surface area contributed by atoms with Gasteiger partial charge in [0.2, 0.25) is 0 Å². The van der Waals surface area contributed by atoms with Gasteiger partial charge in [-0.25, -0.2) is 14.3 Å². The number of hydrogen-bond acceptors (Lipinski definition) is 4. The summed E-state index contributed by atoms with van der Waals surface area (Å²) in [5, 5.41) is 11.7. The van der Waals surface area contributed by atoms with Crippen LogP contribution in [0, 0.1) is 0 Å². The van der Waals surface area contributed by atoms with Crippen molar-refractivity contribution >= 4 is 5.91 Å². The molecule has 1 unspecified atom stereocenters. The first-order chi connectivity index (χ1) is 16.2. The molecule has 0 bridgehead atoms. The van der Waals surface area contributed by atoms with Gasteiger partial charge in [0.05, 0.1) is 29.3 Å². The summed E-state index contributed by atoms with van der Waals surface area (Å²) in [6.45, 7) is 1.97. The highest BCUT2D eigenvalue weighted by Gasteiger charge is 2.14. The predicted octanol–water partition coefficient (Wildman–Crippen LogP) is 4.61. The lowest BCUT2D eigenvalue weighted by Crippen LogP contribution is -2.26. The summed E-state index contributed by atoms with van der Waals surface area (Å²) in [6.07, 6.45) is 4.91. The molecular weight excluding hydrogens is 412 g/mol. The van der Waals surface area contributed by atoms with Crippen molar-refractivity contribution in [3.8, 4) is 22.6 Å². The Morgan fingerprint density at radius 1 is 0.879 bits per heavy atom. The van der Waals surface area contributed by atoms with Gasteiger partial charge in [0.1, 0.15) is 12.7 Å². The normalized spacial score (nSPS) is 11.8. The molecule has 0 saturated heterocycles. The van der Waals surface area contributed by atoms with E-state index in [1.807, 2.05) is 96.5 Å². The summed E-state index contributed by atoms with van der Waals surface area (Å²) in [6, 6.07) is 27.2. The van der Waals surface area contributed by atoms with E-state index in [1.54, 1.807) is 17.2 Å². The molecule has 0 fully saturated rings. The summed E-state index contributed by atoms with van der Waals surface area (Å²) < 4.78 is 3.54. The van der Waals surface area contributed by atoms with Gasteiger partial charge in [-0.2, -0.15) is 10.2 Å². The molecule has 3 aromatic carbocycles. The number of carbonyl (C=O) groups excluding carboxylic acids is 1. The molecule has 2 aromatic heterocycles. The Morgan fingerprint density at radius 3 is 2.45 bits per heavy atom. The number of rotatable bonds is 6. The zero-order chi connectivity index (χ0) is 22.6. The highest BCUT2D eigenvalue weighted by Crippen LogP contribution is 2.23. The second-order valence-corrected chi connectivity index (χ2v) is 7.67. The van der Waals surface area contributed by atoms with Crippen LogP contribution in [0.5, 0.6) is 0 Å². The Kier molecular flexibility index (Phi) is 5.51. The third-order valence-electron chi connectivity index (χ3n) is 5.49. The van der Waals surface area contributed by atoms with Gasteiger partial charge in [-0.3, -0.25) is 4.79 Å². The molecule has 0 spiro atoms. The molecule has 33 heavy (non-hydrogen) atoms. The van der Waals surface area contributed by atoms with Crippen molar-refractivity contribution in [3.63, 3.8) is 0 Å². The van der Waals surface area contributed by atoms with Crippen molar-refractivity contribution in [2.24, 2.45) is 0 Å². The molecule has 162 valence electrons. The second kappa shape index (κ2) is 8.92. The molecule has 2 heterocycles. The number of benzene rings is 3. The first kappa shape index (κ1) is 20.4. The summed E-state index contributed by atoms with van der Waals surface area (Å²) >= 11 is 0. The lowest BCUT2D eigenvalue weighted by atomic mass is 10.1. The van der Waals surface area contributed by atoms with Crippen LogP contribution in [0.15, 0.2) is 104 Å². The zero-order valence-corrected chi connectivity index (χ0v) is 18.0. The minimum Gasteiger partial charge on any atom is -0.346 e. The van der Waals surface area contributed by atoms with E-state index >= 15 is 0 Å². The van der Waals surface area contributed by atoms with Gasteiger partial charge in [0.25, 0.3) is 5.91 Å².